The first kappa shape index (κ1) is 25.1. The molecule has 0 aliphatic rings. The molecule has 0 unspecified atom stereocenters. The Bertz CT molecular complexity index is 955. The maximum atomic E-state index is 13.2. The fraction of sp³-hybridized carbons (Fsp3) is 0.278. The Hall–Kier alpha value is -2.21. The number of rotatable bonds is 8. The highest BCUT2D eigenvalue weighted by molar-refractivity contribution is 9.10. The van der Waals surface area contributed by atoms with Crippen molar-refractivity contribution in [1.82, 2.24) is 5.43 Å². The van der Waals surface area contributed by atoms with E-state index in [-0.39, 0.29) is 28.1 Å². The molecule has 0 aromatic heterocycles. The van der Waals surface area contributed by atoms with Gasteiger partial charge in [-0.1, -0.05) is 23.7 Å². The Kier molecular flexibility index (Phi) is 7.69. The summed E-state index contributed by atoms with van der Waals surface area (Å²) in [6.45, 7) is 0.100. The molecule has 2 rings (SSSR count). The van der Waals surface area contributed by atoms with Gasteiger partial charge in [0.15, 0.2) is 11.5 Å². The number of halogens is 9. The van der Waals surface area contributed by atoms with Crippen LogP contribution in [0.5, 0.6) is 11.5 Å². The lowest BCUT2D eigenvalue weighted by atomic mass is 10.2. The standard InChI is InChI=1S/C18H13BrClF7N2O2/c1-30-14-7-11(8-28-29-18(26,27)16(21,22)17(23,24)25)6-13(19)15(14)31-9-10-3-2-4-12(20)5-10/h2-8,29H,9H2,1H3/b28-8-. The summed E-state index contributed by atoms with van der Waals surface area (Å²) >= 11 is 9.08. The van der Waals surface area contributed by atoms with Crippen molar-refractivity contribution in [3.8, 4) is 11.5 Å². The van der Waals surface area contributed by atoms with Crippen LogP contribution in [-0.4, -0.2) is 31.5 Å². The highest BCUT2D eigenvalue weighted by Crippen LogP contribution is 2.45. The van der Waals surface area contributed by atoms with Crippen molar-refractivity contribution in [1.29, 1.82) is 0 Å². The van der Waals surface area contributed by atoms with Crippen LogP contribution in [-0.2, 0) is 6.61 Å². The van der Waals surface area contributed by atoms with Gasteiger partial charge in [0.1, 0.15) is 6.61 Å². The first-order chi connectivity index (χ1) is 14.3. The van der Waals surface area contributed by atoms with E-state index < -0.39 is 18.1 Å². The Morgan fingerprint density at radius 2 is 1.77 bits per heavy atom. The summed E-state index contributed by atoms with van der Waals surface area (Å²) in [5.74, 6) is -5.99. The van der Waals surface area contributed by atoms with Gasteiger partial charge in [-0.05, 0) is 51.3 Å². The molecule has 0 amide bonds. The number of benzene rings is 2. The Morgan fingerprint density at radius 3 is 2.35 bits per heavy atom. The van der Waals surface area contributed by atoms with Gasteiger partial charge in [-0.2, -0.15) is 35.8 Å². The maximum absolute atomic E-state index is 13.2. The lowest BCUT2D eigenvalue weighted by Crippen LogP contribution is -2.58. The number of hydrogen-bond acceptors (Lipinski definition) is 4. The van der Waals surface area contributed by atoms with E-state index in [0.717, 1.165) is 5.56 Å². The Morgan fingerprint density at radius 1 is 1.10 bits per heavy atom. The van der Waals surface area contributed by atoms with E-state index in [0.29, 0.717) is 16.7 Å². The van der Waals surface area contributed by atoms with E-state index >= 15 is 0 Å². The van der Waals surface area contributed by atoms with E-state index in [9.17, 15) is 30.7 Å². The second-order valence-corrected chi connectivity index (χ2v) is 7.26. The minimum atomic E-state index is -6.47. The van der Waals surface area contributed by atoms with Gasteiger partial charge in [0.05, 0.1) is 17.8 Å². The van der Waals surface area contributed by atoms with Crippen LogP contribution >= 0.6 is 27.5 Å². The highest BCUT2D eigenvalue weighted by atomic mass is 79.9. The number of hydrazone groups is 1. The van der Waals surface area contributed by atoms with Gasteiger partial charge in [0, 0.05) is 5.02 Å². The third-order valence-corrected chi connectivity index (χ3v) is 4.52. The molecule has 0 aliphatic heterocycles. The molecule has 0 radical (unpaired) electrons. The van der Waals surface area contributed by atoms with Crippen LogP contribution in [0.15, 0.2) is 46.0 Å². The van der Waals surface area contributed by atoms with Gasteiger partial charge in [-0.15, -0.1) is 0 Å². The monoisotopic (exact) mass is 536 g/mol. The summed E-state index contributed by atoms with van der Waals surface area (Å²) in [5.41, 5.74) is 1.32. The van der Waals surface area contributed by atoms with Crippen LogP contribution < -0.4 is 14.9 Å². The number of alkyl halides is 7. The predicted molar refractivity (Wildman–Crippen MR) is 103 cm³/mol. The van der Waals surface area contributed by atoms with Crippen molar-refractivity contribution < 1.29 is 40.2 Å². The molecule has 31 heavy (non-hydrogen) atoms. The minimum Gasteiger partial charge on any atom is -0.493 e. The normalized spacial score (nSPS) is 12.8. The summed E-state index contributed by atoms with van der Waals surface area (Å²) in [7, 11) is 1.28. The quantitative estimate of drug-likeness (QED) is 0.183. The van der Waals surface area contributed by atoms with Crippen molar-refractivity contribution in [2.45, 2.75) is 24.8 Å². The number of nitrogens with zero attached hydrogens (tertiary/aromatic N) is 1. The molecular formula is C18H13BrClF7N2O2. The van der Waals surface area contributed by atoms with E-state index in [1.54, 1.807) is 24.3 Å². The van der Waals surface area contributed by atoms with Crippen LogP contribution in [0.2, 0.25) is 5.02 Å². The molecule has 2 aromatic carbocycles. The van der Waals surface area contributed by atoms with Crippen molar-refractivity contribution in [2.24, 2.45) is 5.10 Å². The molecule has 0 aliphatic carbocycles. The molecule has 13 heteroatoms. The molecular weight excluding hydrogens is 525 g/mol. The Balaban J connectivity index is 2.17. The molecule has 2 aromatic rings. The van der Waals surface area contributed by atoms with Gasteiger partial charge >= 0.3 is 18.1 Å². The minimum absolute atomic E-state index is 0.0393. The van der Waals surface area contributed by atoms with E-state index in [4.69, 9.17) is 21.1 Å². The molecule has 170 valence electrons. The third kappa shape index (κ3) is 5.94. The van der Waals surface area contributed by atoms with Crippen molar-refractivity contribution >= 4 is 33.7 Å². The number of hydrogen-bond donors (Lipinski definition) is 1. The molecule has 0 spiro atoms. The first-order valence-corrected chi connectivity index (χ1v) is 9.33. The van der Waals surface area contributed by atoms with Gasteiger partial charge in [0.25, 0.3) is 0 Å². The average Bonchev–Trinajstić information content (AvgIpc) is 2.65. The average molecular weight is 538 g/mol. The summed E-state index contributed by atoms with van der Waals surface area (Å²) in [5, 5.41) is 3.30. The maximum Gasteiger partial charge on any atom is 0.462 e. The topological polar surface area (TPSA) is 42.8 Å². The SMILES string of the molecule is COc1cc(/C=N\NC(F)(F)C(F)(F)C(F)(F)F)cc(Br)c1OCc1cccc(Cl)c1. The number of methoxy groups -OCH3 is 1. The first-order valence-electron chi connectivity index (χ1n) is 8.16. The Labute approximate surface area is 185 Å². The number of nitrogens with one attached hydrogen (secondary N) is 1. The zero-order chi connectivity index (χ0) is 23.4. The van der Waals surface area contributed by atoms with E-state index in [1.165, 1.54) is 19.2 Å². The van der Waals surface area contributed by atoms with Crippen LogP contribution in [0.25, 0.3) is 0 Å². The summed E-state index contributed by atoms with van der Waals surface area (Å²) in [4.78, 5) is 0. The predicted octanol–water partition coefficient (Wildman–Crippen LogP) is 6.40. The van der Waals surface area contributed by atoms with Crippen molar-refractivity contribution in [3.05, 3.63) is 57.0 Å². The van der Waals surface area contributed by atoms with Crippen LogP contribution in [0, 0.1) is 0 Å². The molecule has 0 heterocycles. The number of ether oxygens (including phenoxy) is 2. The second-order valence-electron chi connectivity index (χ2n) is 5.97. The van der Waals surface area contributed by atoms with Gasteiger partial charge in [-0.25, -0.2) is 5.43 Å². The largest absolute Gasteiger partial charge is 0.493 e. The van der Waals surface area contributed by atoms with E-state index in [1.807, 2.05) is 0 Å². The van der Waals surface area contributed by atoms with Crippen LogP contribution in [0.1, 0.15) is 11.1 Å². The molecule has 1 N–H and O–H groups in total. The smallest absolute Gasteiger partial charge is 0.462 e. The third-order valence-electron chi connectivity index (χ3n) is 3.69. The highest BCUT2D eigenvalue weighted by Gasteiger charge is 2.73. The van der Waals surface area contributed by atoms with Gasteiger partial charge < -0.3 is 9.47 Å². The van der Waals surface area contributed by atoms with Gasteiger partial charge in [-0.3, -0.25) is 0 Å². The van der Waals surface area contributed by atoms with Crippen LogP contribution in [0.3, 0.4) is 0 Å². The molecule has 0 saturated heterocycles. The van der Waals surface area contributed by atoms with Crippen LogP contribution in [0.4, 0.5) is 30.7 Å². The lowest BCUT2D eigenvalue weighted by molar-refractivity contribution is -0.361. The summed E-state index contributed by atoms with van der Waals surface area (Å²) in [6, 6.07) is 3.73. The zero-order valence-electron chi connectivity index (χ0n) is 15.4. The molecule has 0 saturated carbocycles. The fourth-order valence-corrected chi connectivity index (χ4v) is 2.96. The fourth-order valence-electron chi connectivity index (χ4n) is 2.17. The van der Waals surface area contributed by atoms with Crippen molar-refractivity contribution in [2.75, 3.05) is 7.11 Å². The van der Waals surface area contributed by atoms with Crippen molar-refractivity contribution in [3.63, 3.8) is 0 Å². The molecule has 0 fully saturated rings. The summed E-state index contributed by atoms with van der Waals surface area (Å²) < 4.78 is 99.6. The molecule has 0 bridgehead atoms. The molecule has 0 atom stereocenters. The van der Waals surface area contributed by atoms with E-state index in [2.05, 4.69) is 21.0 Å². The summed E-state index contributed by atoms with van der Waals surface area (Å²) in [6.07, 6.45) is -5.85. The molecule has 4 nitrogen and oxygen atoms in total. The lowest BCUT2D eigenvalue weighted by Gasteiger charge is -2.27. The zero-order valence-corrected chi connectivity index (χ0v) is 17.8. The van der Waals surface area contributed by atoms with Gasteiger partial charge in [0.2, 0.25) is 0 Å². The second kappa shape index (κ2) is 9.51.